The van der Waals surface area contributed by atoms with Crippen molar-refractivity contribution in [2.24, 2.45) is 5.73 Å². The predicted molar refractivity (Wildman–Crippen MR) is 69.8 cm³/mol. The van der Waals surface area contributed by atoms with Crippen molar-refractivity contribution in [1.29, 1.82) is 0 Å². The standard InChI is InChI=1S/C12H22N2OS/c1-4-10(13)11(14(3)6-7-15)12-9(2)5-8-16-12/h5,8,10-11,15H,4,6-7,13H2,1-3H3. The normalized spacial score (nSPS) is 15.4. The lowest BCUT2D eigenvalue weighted by molar-refractivity contribution is 0.163. The molecule has 0 radical (unpaired) electrons. The number of aliphatic hydroxyl groups excluding tert-OH is 1. The molecule has 0 aliphatic rings. The van der Waals surface area contributed by atoms with E-state index in [1.54, 1.807) is 11.3 Å². The Morgan fingerprint density at radius 1 is 1.56 bits per heavy atom. The Morgan fingerprint density at radius 3 is 2.69 bits per heavy atom. The van der Waals surface area contributed by atoms with E-state index >= 15 is 0 Å². The second-order valence-corrected chi connectivity index (χ2v) is 5.14. The second-order valence-electron chi connectivity index (χ2n) is 4.19. The summed E-state index contributed by atoms with van der Waals surface area (Å²) in [4.78, 5) is 3.47. The lowest BCUT2D eigenvalue weighted by atomic mass is 10.0. The summed E-state index contributed by atoms with van der Waals surface area (Å²) < 4.78 is 0. The maximum atomic E-state index is 9.03. The lowest BCUT2D eigenvalue weighted by Gasteiger charge is -2.31. The van der Waals surface area contributed by atoms with Crippen LogP contribution < -0.4 is 5.73 Å². The van der Waals surface area contributed by atoms with E-state index in [4.69, 9.17) is 10.8 Å². The monoisotopic (exact) mass is 242 g/mol. The zero-order chi connectivity index (χ0) is 12.1. The molecule has 2 atom stereocenters. The van der Waals surface area contributed by atoms with Gasteiger partial charge in [-0.25, -0.2) is 0 Å². The Hall–Kier alpha value is -0.420. The first-order valence-electron chi connectivity index (χ1n) is 5.72. The van der Waals surface area contributed by atoms with Gasteiger partial charge >= 0.3 is 0 Å². The number of likely N-dealkylation sites (N-methyl/N-ethyl adjacent to an activating group) is 1. The van der Waals surface area contributed by atoms with Crippen LogP contribution in [0.25, 0.3) is 0 Å². The molecule has 0 aliphatic heterocycles. The van der Waals surface area contributed by atoms with Crippen molar-refractivity contribution in [3.05, 3.63) is 21.9 Å². The number of hydrogen-bond donors (Lipinski definition) is 2. The van der Waals surface area contributed by atoms with Gasteiger partial charge in [-0.05, 0) is 37.4 Å². The van der Waals surface area contributed by atoms with Crippen molar-refractivity contribution in [1.82, 2.24) is 4.90 Å². The summed E-state index contributed by atoms with van der Waals surface area (Å²) in [5, 5.41) is 11.1. The largest absolute Gasteiger partial charge is 0.395 e. The van der Waals surface area contributed by atoms with Crippen LogP contribution in [0.3, 0.4) is 0 Å². The van der Waals surface area contributed by atoms with E-state index in [9.17, 15) is 0 Å². The molecule has 92 valence electrons. The summed E-state index contributed by atoms with van der Waals surface area (Å²) in [6, 6.07) is 2.47. The van der Waals surface area contributed by atoms with Crippen LogP contribution >= 0.6 is 11.3 Å². The molecule has 1 aromatic rings. The summed E-state index contributed by atoms with van der Waals surface area (Å²) in [5.41, 5.74) is 7.49. The molecular weight excluding hydrogens is 220 g/mol. The van der Waals surface area contributed by atoms with Gasteiger partial charge in [0, 0.05) is 17.5 Å². The first-order valence-corrected chi connectivity index (χ1v) is 6.60. The van der Waals surface area contributed by atoms with E-state index in [1.165, 1.54) is 10.4 Å². The van der Waals surface area contributed by atoms with E-state index in [1.807, 2.05) is 7.05 Å². The van der Waals surface area contributed by atoms with Crippen molar-refractivity contribution >= 4 is 11.3 Å². The Kier molecular flexibility index (Phi) is 5.41. The molecule has 0 saturated heterocycles. The fourth-order valence-electron chi connectivity index (χ4n) is 1.93. The van der Waals surface area contributed by atoms with Gasteiger partial charge in [-0.2, -0.15) is 0 Å². The van der Waals surface area contributed by atoms with E-state index in [0.717, 1.165) is 6.42 Å². The smallest absolute Gasteiger partial charge is 0.0594 e. The maximum Gasteiger partial charge on any atom is 0.0594 e. The number of aliphatic hydroxyl groups is 1. The molecule has 1 heterocycles. The molecular formula is C12H22N2OS. The molecule has 1 rings (SSSR count). The topological polar surface area (TPSA) is 49.5 Å². The number of rotatable bonds is 6. The van der Waals surface area contributed by atoms with Gasteiger partial charge < -0.3 is 10.8 Å². The second kappa shape index (κ2) is 6.35. The summed E-state index contributed by atoms with van der Waals surface area (Å²) in [7, 11) is 2.02. The third-order valence-electron chi connectivity index (χ3n) is 2.97. The molecule has 1 aromatic heterocycles. The minimum absolute atomic E-state index is 0.119. The highest BCUT2D eigenvalue weighted by atomic mass is 32.1. The number of nitrogens with two attached hydrogens (primary N) is 1. The average molecular weight is 242 g/mol. The molecule has 16 heavy (non-hydrogen) atoms. The highest BCUT2D eigenvalue weighted by molar-refractivity contribution is 7.10. The zero-order valence-electron chi connectivity index (χ0n) is 10.3. The van der Waals surface area contributed by atoms with Crippen LogP contribution in [0.1, 0.15) is 29.8 Å². The molecule has 0 bridgehead atoms. The molecule has 0 saturated carbocycles. The minimum Gasteiger partial charge on any atom is -0.395 e. The van der Waals surface area contributed by atoms with Gasteiger partial charge in [0.15, 0.2) is 0 Å². The average Bonchev–Trinajstić information content (AvgIpc) is 2.65. The quantitative estimate of drug-likeness (QED) is 0.799. The van der Waals surface area contributed by atoms with E-state index in [0.29, 0.717) is 6.54 Å². The third-order valence-corrected chi connectivity index (χ3v) is 4.06. The third kappa shape index (κ3) is 3.04. The Bertz CT molecular complexity index is 314. The van der Waals surface area contributed by atoms with Crippen LogP contribution in [-0.4, -0.2) is 36.2 Å². The first kappa shape index (κ1) is 13.6. The number of aryl methyl sites for hydroxylation is 1. The van der Waals surface area contributed by atoms with Crippen molar-refractivity contribution in [2.45, 2.75) is 32.4 Å². The van der Waals surface area contributed by atoms with E-state index < -0.39 is 0 Å². The van der Waals surface area contributed by atoms with Gasteiger partial charge in [0.2, 0.25) is 0 Å². The van der Waals surface area contributed by atoms with Gasteiger partial charge in [0.05, 0.1) is 12.6 Å². The van der Waals surface area contributed by atoms with E-state index in [2.05, 4.69) is 30.2 Å². The summed E-state index contributed by atoms with van der Waals surface area (Å²) in [5.74, 6) is 0. The van der Waals surface area contributed by atoms with Gasteiger partial charge in [-0.3, -0.25) is 4.90 Å². The van der Waals surface area contributed by atoms with Crippen molar-refractivity contribution in [3.8, 4) is 0 Å². The van der Waals surface area contributed by atoms with Gasteiger partial charge in [0.1, 0.15) is 0 Å². The van der Waals surface area contributed by atoms with Crippen LogP contribution in [0, 0.1) is 6.92 Å². The van der Waals surface area contributed by atoms with Crippen LogP contribution in [-0.2, 0) is 0 Å². The van der Waals surface area contributed by atoms with Crippen LogP contribution in [0.4, 0.5) is 0 Å². The molecule has 0 spiro atoms. The van der Waals surface area contributed by atoms with Crippen molar-refractivity contribution in [3.63, 3.8) is 0 Å². The summed E-state index contributed by atoms with van der Waals surface area (Å²) >= 11 is 1.75. The highest BCUT2D eigenvalue weighted by Crippen LogP contribution is 2.30. The molecule has 0 aliphatic carbocycles. The van der Waals surface area contributed by atoms with Crippen LogP contribution in [0.15, 0.2) is 11.4 Å². The summed E-state index contributed by atoms with van der Waals surface area (Å²) in [6.07, 6.45) is 0.942. The van der Waals surface area contributed by atoms with Gasteiger partial charge in [-0.15, -0.1) is 11.3 Å². The first-order chi connectivity index (χ1) is 7.61. The Labute approximate surface area is 102 Å². The molecule has 0 aromatic carbocycles. The van der Waals surface area contributed by atoms with Crippen molar-refractivity contribution < 1.29 is 5.11 Å². The number of nitrogens with zero attached hydrogens (tertiary/aromatic N) is 1. The molecule has 3 N–H and O–H groups in total. The number of thiophene rings is 1. The molecule has 2 unspecified atom stereocenters. The molecule has 0 fully saturated rings. The minimum atomic E-state index is 0.119. The fraction of sp³-hybridized carbons (Fsp3) is 0.667. The van der Waals surface area contributed by atoms with Crippen molar-refractivity contribution in [2.75, 3.05) is 20.2 Å². The van der Waals surface area contributed by atoms with Crippen LogP contribution in [0.2, 0.25) is 0 Å². The number of hydrogen-bond acceptors (Lipinski definition) is 4. The summed E-state index contributed by atoms with van der Waals surface area (Å²) in [6.45, 7) is 5.06. The molecule has 0 amide bonds. The van der Waals surface area contributed by atoms with E-state index in [-0.39, 0.29) is 18.7 Å². The molecule has 4 heteroatoms. The van der Waals surface area contributed by atoms with Gasteiger partial charge in [-0.1, -0.05) is 6.92 Å². The zero-order valence-corrected chi connectivity index (χ0v) is 11.1. The van der Waals surface area contributed by atoms with Crippen LogP contribution in [0.5, 0.6) is 0 Å². The SMILES string of the molecule is CCC(N)C(c1sccc1C)N(C)CCO. The highest BCUT2D eigenvalue weighted by Gasteiger charge is 2.25. The Balaban J connectivity index is 2.91. The van der Waals surface area contributed by atoms with Gasteiger partial charge in [0.25, 0.3) is 0 Å². The maximum absolute atomic E-state index is 9.03. The Morgan fingerprint density at radius 2 is 2.25 bits per heavy atom. The predicted octanol–water partition coefficient (Wildman–Crippen LogP) is 1.76. The fourth-order valence-corrected chi connectivity index (χ4v) is 3.10. The molecule has 3 nitrogen and oxygen atoms in total. The lowest BCUT2D eigenvalue weighted by Crippen LogP contribution is -2.39.